The van der Waals surface area contributed by atoms with Gasteiger partial charge in [0.2, 0.25) is 0 Å². The lowest BCUT2D eigenvalue weighted by molar-refractivity contribution is 0.687. The van der Waals surface area contributed by atoms with Gasteiger partial charge in [-0.05, 0) is 43.9 Å². The second-order valence-corrected chi connectivity index (χ2v) is 5.29. The van der Waals surface area contributed by atoms with Crippen LogP contribution in [0.5, 0.6) is 0 Å². The summed E-state index contributed by atoms with van der Waals surface area (Å²) in [7, 11) is 0. The SMILES string of the molecule is Cc1ccc(Br)cc1NC1CCC(N)C1. The zero-order valence-electron chi connectivity index (χ0n) is 8.96. The molecule has 3 N–H and O–H groups in total. The van der Waals surface area contributed by atoms with Gasteiger partial charge in [-0.15, -0.1) is 0 Å². The van der Waals surface area contributed by atoms with E-state index in [2.05, 4.69) is 46.4 Å². The van der Waals surface area contributed by atoms with E-state index in [0.717, 1.165) is 17.3 Å². The van der Waals surface area contributed by atoms with Crippen molar-refractivity contribution in [2.45, 2.75) is 38.3 Å². The zero-order valence-corrected chi connectivity index (χ0v) is 10.5. The summed E-state index contributed by atoms with van der Waals surface area (Å²) in [5, 5.41) is 3.57. The molecule has 2 nitrogen and oxygen atoms in total. The van der Waals surface area contributed by atoms with E-state index in [9.17, 15) is 0 Å². The van der Waals surface area contributed by atoms with E-state index < -0.39 is 0 Å². The molecular formula is C12H17BrN2. The molecule has 2 rings (SSSR count). The Balaban J connectivity index is 2.07. The summed E-state index contributed by atoms with van der Waals surface area (Å²) in [6.07, 6.45) is 3.42. The first kappa shape index (κ1) is 11.0. The molecule has 0 amide bonds. The normalized spacial score (nSPS) is 25.5. The second kappa shape index (κ2) is 4.54. The van der Waals surface area contributed by atoms with Crippen molar-refractivity contribution >= 4 is 21.6 Å². The summed E-state index contributed by atoms with van der Waals surface area (Å²) >= 11 is 3.49. The van der Waals surface area contributed by atoms with Crippen LogP contribution in [-0.2, 0) is 0 Å². The average Bonchev–Trinajstić information content (AvgIpc) is 2.58. The Morgan fingerprint density at radius 3 is 2.87 bits per heavy atom. The molecule has 0 aliphatic heterocycles. The molecule has 0 radical (unpaired) electrons. The van der Waals surface area contributed by atoms with Crippen LogP contribution in [0.1, 0.15) is 24.8 Å². The maximum absolute atomic E-state index is 5.90. The Labute approximate surface area is 99.4 Å². The van der Waals surface area contributed by atoms with Crippen molar-refractivity contribution in [3.8, 4) is 0 Å². The Kier molecular flexibility index (Phi) is 3.32. The molecule has 1 aromatic carbocycles. The maximum Gasteiger partial charge on any atom is 0.0383 e. The van der Waals surface area contributed by atoms with Gasteiger partial charge in [-0.2, -0.15) is 0 Å². The van der Waals surface area contributed by atoms with E-state index in [0.29, 0.717) is 12.1 Å². The molecule has 1 saturated carbocycles. The molecule has 1 fully saturated rings. The van der Waals surface area contributed by atoms with Gasteiger partial charge in [0.25, 0.3) is 0 Å². The van der Waals surface area contributed by atoms with Gasteiger partial charge in [-0.3, -0.25) is 0 Å². The molecule has 1 aliphatic rings. The van der Waals surface area contributed by atoms with Crippen molar-refractivity contribution in [3.63, 3.8) is 0 Å². The van der Waals surface area contributed by atoms with E-state index in [1.807, 2.05) is 0 Å². The number of rotatable bonds is 2. The van der Waals surface area contributed by atoms with Gasteiger partial charge in [0.05, 0.1) is 0 Å². The van der Waals surface area contributed by atoms with Crippen LogP contribution >= 0.6 is 15.9 Å². The molecule has 0 saturated heterocycles. The van der Waals surface area contributed by atoms with Crippen LogP contribution in [0.25, 0.3) is 0 Å². The van der Waals surface area contributed by atoms with Crippen molar-refractivity contribution in [3.05, 3.63) is 28.2 Å². The summed E-state index contributed by atoms with van der Waals surface area (Å²) in [6.45, 7) is 2.13. The summed E-state index contributed by atoms with van der Waals surface area (Å²) in [4.78, 5) is 0. The van der Waals surface area contributed by atoms with Gasteiger partial charge in [-0.25, -0.2) is 0 Å². The molecule has 82 valence electrons. The summed E-state index contributed by atoms with van der Waals surface area (Å²) in [5.74, 6) is 0. The summed E-state index contributed by atoms with van der Waals surface area (Å²) in [5.41, 5.74) is 8.41. The van der Waals surface area contributed by atoms with Crippen molar-refractivity contribution in [2.75, 3.05) is 5.32 Å². The number of anilines is 1. The van der Waals surface area contributed by atoms with Gasteiger partial charge in [0.15, 0.2) is 0 Å². The largest absolute Gasteiger partial charge is 0.382 e. The molecule has 15 heavy (non-hydrogen) atoms. The standard InChI is InChI=1S/C12H17BrN2/c1-8-2-3-9(13)6-12(8)15-11-5-4-10(14)7-11/h2-3,6,10-11,15H,4-5,7,14H2,1H3. The van der Waals surface area contributed by atoms with Gasteiger partial charge in [0.1, 0.15) is 0 Å². The first-order valence-corrected chi connectivity index (χ1v) is 6.23. The highest BCUT2D eigenvalue weighted by Crippen LogP contribution is 2.26. The average molecular weight is 269 g/mol. The number of nitrogens with two attached hydrogens (primary N) is 1. The van der Waals surface area contributed by atoms with E-state index in [1.54, 1.807) is 0 Å². The van der Waals surface area contributed by atoms with Crippen molar-refractivity contribution in [1.82, 2.24) is 0 Å². The van der Waals surface area contributed by atoms with Crippen molar-refractivity contribution < 1.29 is 0 Å². The number of benzene rings is 1. The monoisotopic (exact) mass is 268 g/mol. The van der Waals surface area contributed by atoms with Crippen LogP contribution < -0.4 is 11.1 Å². The van der Waals surface area contributed by atoms with Gasteiger partial charge >= 0.3 is 0 Å². The highest BCUT2D eigenvalue weighted by molar-refractivity contribution is 9.10. The number of nitrogens with one attached hydrogen (secondary N) is 1. The fourth-order valence-electron chi connectivity index (χ4n) is 2.12. The summed E-state index contributed by atoms with van der Waals surface area (Å²) in [6, 6.07) is 7.27. The van der Waals surface area contributed by atoms with Crippen LogP contribution in [0.4, 0.5) is 5.69 Å². The zero-order chi connectivity index (χ0) is 10.8. The molecule has 3 heteroatoms. The van der Waals surface area contributed by atoms with Gasteiger partial charge < -0.3 is 11.1 Å². The van der Waals surface area contributed by atoms with Crippen LogP contribution in [0.2, 0.25) is 0 Å². The second-order valence-electron chi connectivity index (χ2n) is 4.37. The number of aryl methyl sites for hydroxylation is 1. The fraction of sp³-hybridized carbons (Fsp3) is 0.500. The van der Waals surface area contributed by atoms with E-state index in [-0.39, 0.29) is 0 Å². The number of hydrogen-bond donors (Lipinski definition) is 2. The number of hydrogen-bond acceptors (Lipinski definition) is 2. The third-order valence-electron chi connectivity index (χ3n) is 3.03. The topological polar surface area (TPSA) is 38.0 Å². The fourth-order valence-corrected chi connectivity index (χ4v) is 2.48. The third kappa shape index (κ3) is 2.73. The minimum absolute atomic E-state index is 0.384. The van der Waals surface area contributed by atoms with Crippen molar-refractivity contribution in [2.24, 2.45) is 5.73 Å². The molecule has 1 aromatic rings. The van der Waals surface area contributed by atoms with Crippen LogP contribution in [0, 0.1) is 6.92 Å². The Hall–Kier alpha value is -0.540. The Morgan fingerprint density at radius 1 is 1.40 bits per heavy atom. The molecule has 0 spiro atoms. The molecule has 0 bridgehead atoms. The lowest BCUT2D eigenvalue weighted by Gasteiger charge is -2.16. The van der Waals surface area contributed by atoms with E-state index in [1.165, 1.54) is 17.7 Å². The minimum Gasteiger partial charge on any atom is -0.382 e. The van der Waals surface area contributed by atoms with Gasteiger partial charge in [0, 0.05) is 22.2 Å². The first-order chi connectivity index (χ1) is 7.15. The molecule has 2 unspecified atom stereocenters. The molecule has 0 aromatic heterocycles. The van der Waals surface area contributed by atoms with Crippen molar-refractivity contribution in [1.29, 1.82) is 0 Å². The van der Waals surface area contributed by atoms with E-state index >= 15 is 0 Å². The molecule has 0 heterocycles. The third-order valence-corrected chi connectivity index (χ3v) is 3.53. The number of halogens is 1. The van der Waals surface area contributed by atoms with Gasteiger partial charge in [-0.1, -0.05) is 22.0 Å². The highest BCUT2D eigenvalue weighted by atomic mass is 79.9. The minimum atomic E-state index is 0.384. The Morgan fingerprint density at radius 2 is 2.20 bits per heavy atom. The first-order valence-electron chi connectivity index (χ1n) is 5.43. The molecule has 2 atom stereocenters. The maximum atomic E-state index is 5.90. The lowest BCUT2D eigenvalue weighted by atomic mass is 10.1. The van der Waals surface area contributed by atoms with Crippen LogP contribution in [0.15, 0.2) is 22.7 Å². The molecule has 1 aliphatic carbocycles. The predicted octanol–water partition coefficient (Wildman–Crippen LogP) is 3.05. The Bertz CT molecular complexity index is 351. The summed E-state index contributed by atoms with van der Waals surface area (Å²) < 4.78 is 1.12. The van der Waals surface area contributed by atoms with E-state index in [4.69, 9.17) is 5.73 Å². The highest BCUT2D eigenvalue weighted by Gasteiger charge is 2.21. The smallest absolute Gasteiger partial charge is 0.0383 e. The lowest BCUT2D eigenvalue weighted by Crippen LogP contribution is -2.21. The molecular weight excluding hydrogens is 252 g/mol. The predicted molar refractivity (Wildman–Crippen MR) is 68.1 cm³/mol. The van der Waals surface area contributed by atoms with Crippen LogP contribution in [-0.4, -0.2) is 12.1 Å². The quantitative estimate of drug-likeness (QED) is 0.866. The van der Waals surface area contributed by atoms with Crippen LogP contribution in [0.3, 0.4) is 0 Å².